The van der Waals surface area contributed by atoms with E-state index in [1.807, 2.05) is 24.3 Å². The van der Waals surface area contributed by atoms with Crippen molar-refractivity contribution >= 4 is 5.97 Å². The molecule has 2 rings (SSSR count). The molecule has 0 saturated carbocycles. The van der Waals surface area contributed by atoms with Crippen LogP contribution in [0.3, 0.4) is 0 Å². The first-order chi connectivity index (χ1) is 9.36. The van der Waals surface area contributed by atoms with Crippen LogP contribution >= 0.6 is 0 Å². The SMILES string of the molecule is CC(C)(C)c1cccc(Oc2ccc(C(=O)O)cn2)c1. The van der Waals surface area contributed by atoms with Gasteiger partial charge in [0.25, 0.3) is 0 Å². The van der Waals surface area contributed by atoms with Crippen LogP contribution in [0.25, 0.3) is 0 Å². The van der Waals surface area contributed by atoms with E-state index < -0.39 is 5.97 Å². The van der Waals surface area contributed by atoms with Crippen molar-refractivity contribution in [3.8, 4) is 11.6 Å². The third-order valence-electron chi connectivity index (χ3n) is 2.91. The molecule has 0 fully saturated rings. The second-order valence-corrected chi connectivity index (χ2v) is 5.57. The van der Waals surface area contributed by atoms with Gasteiger partial charge < -0.3 is 9.84 Å². The Hall–Kier alpha value is -2.36. The number of rotatable bonds is 3. The summed E-state index contributed by atoms with van der Waals surface area (Å²) in [5.41, 5.74) is 1.35. The maximum atomic E-state index is 10.7. The number of aromatic nitrogens is 1. The summed E-state index contributed by atoms with van der Waals surface area (Å²) in [6.07, 6.45) is 1.28. The first kappa shape index (κ1) is 14.1. The molecule has 104 valence electrons. The summed E-state index contributed by atoms with van der Waals surface area (Å²) in [5.74, 6) is 0.0628. The Bertz CT molecular complexity index is 612. The normalized spacial score (nSPS) is 11.2. The van der Waals surface area contributed by atoms with Crippen molar-refractivity contribution in [1.29, 1.82) is 0 Å². The van der Waals surface area contributed by atoms with Crippen LogP contribution in [0.15, 0.2) is 42.6 Å². The van der Waals surface area contributed by atoms with Crippen molar-refractivity contribution in [3.63, 3.8) is 0 Å². The van der Waals surface area contributed by atoms with Gasteiger partial charge in [-0.1, -0.05) is 32.9 Å². The Morgan fingerprint density at radius 3 is 2.50 bits per heavy atom. The summed E-state index contributed by atoms with van der Waals surface area (Å²) >= 11 is 0. The maximum Gasteiger partial charge on any atom is 0.337 e. The van der Waals surface area contributed by atoms with Crippen molar-refractivity contribution in [2.24, 2.45) is 0 Å². The molecule has 0 aliphatic rings. The van der Waals surface area contributed by atoms with E-state index >= 15 is 0 Å². The Labute approximate surface area is 118 Å². The monoisotopic (exact) mass is 271 g/mol. The largest absolute Gasteiger partial charge is 0.478 e. The molecule has 0 unspecified atom stereocenters. The Balaban J connectivity index is 2.20. The van der Waals surface area contributed by atoms with Crippen LogP contribution in [-0.4, -0.2) is 16.1 Å². The maximum absolute atomic E-state index is 10.7. The molecular weight excluding hydrogens is 254 g/mol. The fourth-order valence-electron chi connectivity index (χ4n) is 1.71. The predicted molar refractivity (Wildman–Crippen MR) is 76.4 cm³/mol. The van der Waals surface area contributed by atoms with E-state index in [2.05, 4.69) is 25.8 Å². The van der Waals surface area contributed by atoms with Crippen LogP contribution in [0.2, 0.25) is 0 Å². The summed E-state index contributed by atoms with van der Waals surface area (Å²) in [6.45, 7) is 6.39. The summed E-state index contributed by atoms with van der Waals surface area (Å²) in [5, 5.41) is 8.81. The van der Waals surface area contributed by atoms with E-state index in [0.29, 0.717) is 11.6 Å². The van der Waals surface area contributed by atoms with Crippen molar-refractivity contribution in [3.05, 3.63) is 53.7 Å². The second kappa shape index (κ2) is 5.33. The van der Waals surface area contributed by atoms with Crippen LogP contribution in [0, 0.1) is 0 Å². The van der Waals surface area contributed by atoms with Gasteiger partial charge in [0.15, 0.2) is 0 Å². The topological polar surface area (TPSA) is 59.4 Å². The minimum Gasteiger partial charge on any atom is -0.478 e. The average molecular weight is 271 g/mol. The van der Waals surface area contributed by atoms with Gasteiger partial charge in [0.05, 0.1) is 5.56 Å². The van der Waals surface area contributed by atoms with Crippen LogP contribution in [0.5, 0.6) is 11.6 Å². The summed E-state index contributed by atoms with van der Waals surface area (Å²) in [4.78, 5) is 14.7. The summed E-state index contributed by atoms with van der Waals surface area (Å²) < 4.78 is 5.64. The molecule has 0 spiro atoms. The fraction of sp³-hybridized carbons (Fsp3) is 0.250. The van der Waals surface area contributed by atoms with Crippen molar-refractivity contribution in [2.45, 2.75) is 26.2 Å². The number of hydrogen-bond donors (Lipinski definition) is 1. The van der Waals surface area contributed by atoms with E-state index in [-0.39, 0.29) is 11.0 Å². The molecule has 0 radical (unpaired) electrons. The number of hydrogen-bond acceptors (Lipinski definition) is 3. The van der Waals surface area contributed by atoms with E-state index in [1.165, 1.54) is 12.3 Å². The smallest absolute Gasteiger partial charge is 0.337 e. The van der Waals surface area contributed by atoms with Crippen LogP contribution in [-0.2, 0) is 5.41 Å². The lowest BCUT2D eigenvalue weighted by Gasteiger charge is -2.19. The molecule has 0 bridgehead atoms. The number of benzene rings is 1. The molecule has 1 aromatic carbocycles. The lowest BCUT2D eigenvalue weighted by molar-refractivity contribution is 0.0696. The summed E-state index contributed by atoms with van der Waals surface area (Å²) in [6, 6.07) is 10.8. The molecule has 4 nitrogen and oxygen atoms in total. The van der Waals surface area contributed by atoms with Gasteiger partial charge in [-0.2, -0.15) is 0 Å². The van der Waals surface area contributed by atoms with Crippen LogP contribution in [0.4, 0.5) is 0 Å². The minimum absolute atomic E-state index is 0.0416. The highest BCUT2D eigenvalue weighted by molar-refractivity contribution is 5.87. The molecule has 1 N–H and O–H groups in total. The first-order valence-corrected chi connectivity index (χ1v) is 6.34. The highest BCUT2D eigenvalue weighted by Crippen LogP contribution is 2.27. The highest BCUT2D eigenvalue weighted by Gasteiger charge is 2.14. The Kier molecular flexibility index (Phi) is 3.74. The summed E-state index contributed by atoms with van der Waals surface area (Å²) in [7, 11) is 0. The Morgan fingerprint density at radius 2 is 1.95 bits per heavy atom. The molecule has 0 atom stereocenters. The number of ether oxygens (including phenoxy) is 1. The average Bonchev–Trinajstić information content (AvgIpc) is 2.38. The number of nitrogens with zero attached hydrogens (tertiary/aromatic N) is 1. The molecule has 4 heteroatoms. The van der Waals surface area contributed by atoms with Gasteiger partial charge in [-0.05, 0) is 29.2 Å². The minimum atomic E-state index is -1.00. The van der Waals surface area contributed by atoms with E-state index in [9.17, 15) is 4.79 Å². The van der Waals surface area contributed by atoms with Gasteiger partial charge in [-0.3, -0.25) is 0 Å². The van der Waals surface area contributed by atoms with E-state index in [1.54, 1.807) is 6.07 Å². The Morgan fingerprint density at radius 1 is 1.20 bits per heavy atom. The van der Waals surface area contributed by atoms with Gasteiger partial charge in [-0.25, -0.2) is 9.78 Å². The van der Waals surface area contributed by atoms with Crippen LogP contribution in [0.1, 0.15) is 36.7 Å². The van der Waals surface area contributed by atoms with Gasteiger partial charge in [-0.15, -0.1) is 0 Å². The van der Waals surface area contributed by atoms with Gasteiger partial charge in [0.1, 0.15) is 5.75 Å². The zero-order chi connectivity index (χ0) is 14.8. The molecular formula is C16H17NO3. The molecule has 0 aliphatic carbocycles. The number of pyridine rings is 1. The predicted octanol–water partition coefficient (Wildman–Crippen LogP) is 3.87. The molecule has 2 aromatic rings. The fourth-order valence-corrected chi connectivity index (χ4v) is 1.71. The molecule has 0 aliphatic heterocycles. The van der Waals surface area contributed by atoms with Crippen molar-refractivity contribution in [1.82, 2.24) is 4.98 Å². The van der Waals surface area contributed by atoms with Crippen LogP contribution < -0.4 is 4.74 Å². The second-order valence-electron chi connectivity index (χ2n) is 5.57. The number of carbonyl (C=O) groups is 1. The van der Waals surface area contributed by atoms with E-state index in [4.69, 9.17) is 9.84 Å². The van der Waals surface area contributed by atoms with Crippen molar-refractivity contribution in [2.75, 3.05) is 0 Å². The number of aromatic carboxylic acids is 1. The molecule has 1 heterocycles. The molecule has 20 heavy (non-hydrogen) atoms. The lowest BCUT2D eigenvalue weighted by atomic mass is 9.87. The van der Waals surface area contributed by atoms with Gasteiger partial charge >= 0.3 is 5.97 Å². The highest BCUT2D eigenvalue weighted by atomic mass is 16.5. The molecule has 1 aromatic heterocycles. The zero-order valence-electron chi connectivity index (χ0n) is 11.8. The third kappa shape index (κ3) is 3.35. The molecule has 0 saturated heterocycles. The third-order valence-corrected chi connectivity index (χ3v) is 2.91. The first-order valence-electron chi connectivity index (χ1n) is 6.34. The lowest BCUT2D eigenvalue weighted by Crippen LogP contribution is -2.10. The van der Waals surface area contributed by atoms with Crippen molar-refractivity contribution < 1.29 is 14.6 Å². The van der Waals surface area contributed by atoms with Gasteiger partial charge in [0, 0.05) is 12.3 Å². The molecule has 0 amide bonds. The quantitative estimate of drug-likeness (QED) is 0.920. The number of carboxylic acid groups (broad SMARTS) is 1. The number of carboxylic acids is 1. The van der Waals surface area contributed by atoms with Gasteiger partial charge in [0.2, 0.25) is 5.88 Å². The zero-order valence-corrected chi connectivity index (χ0v) is 11.8. The van der Waals surface area contributed by atoms with E-state index in [0.717, 1.165) is 5.56 Å². The standard InChI is InChI=1S/C16H17NO3/c1-16(2,3)12-5-4-6-13(9-12)20-14-8-7-11(10-17-14)15(18)19/h4-10H,1-3H3,(H,18,19).